The first-order valence-corrected chi connectivity index (χ1v) is 3.48. The van der Waals surface area contributed by atoms with Gasteiger partial charge >= 0.3 is 0 Å². The summed E-state index contributed by atoms with van der Waals surface area (Å²) in [6.45, 7) is 6.82. The van der Waals surface area contributed by atoms with Gasteiger partial charge in [-0.3, -0.25) is 0 Å². The maximum atomic E-state index is 5.48. The molecule has 0 aromatic rings. The van der Waals surface area contributed by atoms with Gasteiger partial charge < -0.3 is 9.47 Å². The molecular weight excluding hydrogens is 116 g/mol. The maximum absolute atomic E-state index is 5.48. The van der Waals surface area contributed by atoms with Crippen molar-refractivity contribution in [2.45, 2.75) is 39.1 Å². The molecule has 1 fully saturated rings. The van der Waals surface area contributed by atoms with Crippen LogP contribution in [0.3, 0.4) is 0 Å². The van der Waals surface area contributed by atoms with Gasteiger partial charge in [-0.25, -0.2) is 0 Å². The van der Waals surface area contributed by atoms with E-state index in [0.717, 1.165) is 13.0 Å². The van der Waals surface area contributed by atoms with E-state index in [1.165, 1.54) is 0 Å². The first-order valence-electron chi connectivity index (χ1n) is 3.48. The quantitative estimate of drug-likeness (QED) is 0.536. The van der Waals surface area contributed by atoms with Crippen LogP contribution >= 0.6 is 0 Å². The number of hydrogen-bond donors (Lipinski definition) is 0. The Labute approximate surface area is 56.2 Å². The Balaban J connectivity index is 2.45. The SMILES string of the molecule is CC[C@]1(C)OC[C@H](C)O1. The van der Waals surface area contributed by atoms with Crippen molar-refractivity contribution in [3.8, 4) is 0 Å². The molecule has 0 unspecified atom stereocenters. The monoisotopic (exact) mass is 130 g/mol. The summed E-state index contributed by atoms with van der Waals surface area (Å²) in [7, 11) is 0. The largest absolute Gasteiger partial charge is 0.348 e. The topological polar surface area (TPSA) is 18.5 Å². The van der Waals surface area contributed by atoms with Crippen LogP contribution in [0.25, 0.3) is 0 Å². The summed E-state index contributed by atoms with van der Waals surface area (Å²) in [5, 5.41) is 0. The average Bonchev–Trinajstić information content (AvgIpc) is 2.13. The van der Waals surface area contributed by atoms with Gasteiger partial charge in [0.15, 0.2) is 5.79 Å². The molecule has 0 radical (unpaired) electrons. The molecule has 0 saturated carbocycles. The Kier molecular flexibility index (Phi) is 1.78. The molecule has 0 spiro atoms. The third-order valence-corrected chi connectivity index (χ3v) is 1.72. The van der Waals surface area contributed by atoms with Crippen molar-refractivity contribution >= 4 is 0 Å². The van der Waals surface area contributed by atoms with Crippen molar-refractivity contribution in [2.24, 2.45) is 0 Å². The fraction of sp³-hybridized carbons (Fsp3) is 1.00. The molecule has 0 N–H and O–H groups in total. The third-order valence-electron chi connectivity index (χ3n) is 1.72. The summed E-state index contributed by atoms with van der Waals surface area (Å²) in [4.78, 5) is 0. The molecule has 9 heavy (non-hydrogen) atoms. The Hall–Kier alpha value is -0.0800. The van der Waals surface area contributed by atoms with Crippen LogP contribution in [0.1, 0.15) is 27.2 Å². The van der Waals surface area contributed by atoms with Crippen molar-refractivity contribution < 1.29 is 9.47 Å². The highest BCUT2D eigenvalue weighted by molar-refractivity contribution is 4.69. The zero-order valence-electron chi connectivity index (χ0n) is 6.31. The average molecular weight is 130 g/mol. The van der Waals surface area contributed by atoms with Gasteiger partial charge in [-0.2, -0.15) is 0 Å². The predicted molar refractivity (Wildman–Crippen MR) is 35.2 cm³/mol. The standard InChI is InChI=1S/C7H14O2/c1-4-7(3)8-5-6(2)9-7/h6H,4-5H2,1-3H3/t6-,7+/m0/s1. The predicted octanol–water partition coefficient (Wildman–Crippen LogP) is 1.55. The second kappa shape index (κ2) is 2.27. The summed E-state index contributed by atoms with van der Waals surface area (Å²) in [5.41, 5.74) is 0. The number of hydrogen-bond acceptors (Lipinski definition) is 2. The molecule has 2 heteroatoms. The van der Waals surface area contributed by atoms with Gasteiger partial charge in [0, 0.05) is 0 Å². The molecule has 0 amide bonds. The molecule has 0 aliphatic carbocycles. The minimum Gasteiger partial charge on any atom is -0.348 e. The van der Waals surface area contributed by atoms with E-state index in [4.69, 9.17) is 9.47 Å². The van der Waals surface area contributed by atoms with Gasteiger partial charge in [-0.15, -0.1) is 0 Å². The van der Waals surface area contributed by atoms with Crippen molar-refractivity contribution in [1.82, 2.24) is 0 Å². The minimum atomic E-state index is -0.292. The molecule has 54 valence electrons. The summed E-state index contributed by atoms with van der Waals surface area (Å²) >= 11 is 0. The fourth-order valence-corrected chi connectivity index (χ4v) is 0.973. The molecule has 0 aromatic heterocycles. The molecule has 0 aromatic carbocycles. The third kappa shape index (κ3) is 1.43. The van der Waals surface area contributed by atoms with Gasteiger partial charge in [-0.05, 0) is 20.3 Å². The van der Waals surface area contributed by atoms with Crippen LogP contribution in [0.4, 0.5) is 0 Å². The van der Waals surface area contributed by atoms with E-state index in [1.54, 1.807) is 0 Å². The lowest BCUT2D eigenvalue weighted by atomic mass is 10.2. The minimum absolute atomic E-state index is 0.273. The fourth-order valence-electron chi connectivity index (χ4n) is 0.973. The van der Waals surface area contributed by atoms with E-state index in [-0.39, 0.29) is 11.9 Å². The Morgan fingerprint density at radius 3 is 2.56 bits per heavy atom. The van der Waals surface area contributed by atoms with Gasteiger partial charge in [0.25, 0.3) is 0 Å². The Bertz CT molecular complexity index is 103. The first-order chi connectivity index (χ1) is 4.16. The zero-order chi connectivity index (χ0) is 6.91. The molecule has 2 atom stereocenters. The summed E-state index contributed by atoms with van der Waals surface area (Å²) < 4.78 is 10.9. The van der Waals surface area contributed by atoms with E-state index in [9.17, 15) is 0 Å². The second-order valence-corrected chi connectivity index (χ2v) is 2.73. The van der Waals surface area contributed by atoms with Crippen LogP contribution in [-0.4, -0.2) is 18.5 Å². The molecule has 1 aliphatic rings. The highest BCUT2D eigenvalue weighted by Gasteiger charge is 2.32. The molecule has 0 bridgehead atoms. The molecule has 2 nitrogen and oxygen atoms in total. The summed E-state index contributed by atoms with van der Waals surface area (Å²) in [5.74, 6) is -0.292. The van der Waals surface area contributed by atoms with Gasteiger partial charge in [-0.1, -0.05) is 6.92 Å². The lowest BCUT2D eigenvalue weighted by molar-refractivity contribution is -0.153. The van der Waals surface area contributed by atoms with Crippen LogP contribution in [0.5, 0.6) is 0 Å². The van der Waals surface area contributed by atoms with Gasteiger partial charge in [0.1, 0.15) is 0 Å². The molecule has 1 heterocycles. The Morgan fingerprint density at radius 2 is 2.33 bits per heavy atom. The van der Waals surface area contributed by atoms with Crippen molar-refractivity contribution in [1.29, 1.82) is 0 Å². The van der Waals surface area contributed by atoms with Crippen molar-refractivity contribution in [3.05, 3.63) is 0 Å². The van der Waals surface area contributed by atoms with Crippen molar-refractivity contribution in [3.63, 3.8) is 0 Å². The second-order valence-electron chi connectivity index (χ2n) is 2.73. The molecule has 1 saturated heterocycles. The molecule has 1 aliphatic heterocycles. The summed E-state index contributed by atoms with van der Waals surface area (Å²) in [6.07, 6.45) is 1.20. The highest BCUT2D eigenvalue weighted by Crippen LogP contribution is 2.25. The van der Waals surface area contributed by atoms with E-state index < -0.39 is 0 Å². The Morgan fingerprint density at radius 1 is 1.67 bits per heavy atom. The van der Waals surface area contributed by atoms with E-state index >= 15 is 0 Å². The normalized spacial score (nSPS) is 43.7. The van der Waals surface area contributed by atoms with E-state index in [0.29, 0.717) is 0 Å². The number of rotatable bonds is 1. The lowest BCUT2D eigenvalue weighted by Crippen LogP contribution is -2.24. The first kappa shape index (κ1) is 7.03. The van der Waals surface area contributed by atoms with Gasteiger partial charge in [0.05, 0.1) is 12.7 Å². The van der Waals surface area contributed by atoms with Crippen LogP contribution in [0.2, 0.25) is 0 Å². The van der Waals surface area contributed by atoms with E-state index in [2.05, 4.69) is 6.92 Å². The molecule has 1 rings (SSSR count). The van der Waals surface area contributed by atoms with E-state index in [1.807, 2.05) is 13.8 Å². The van der Waals surface area contributed by atoms with Crippen LogP contribution in [0.15, 0.2) is 0 Å². The van der Waals surface area contributed by atoms with Crippen molar-refractivity contribution in [2.75, 3.05) is 6.61 Å². The van der Waals surface area contributed by atoms with Crippen LogP contribution in [0, 0.1) is 0 Å². The zero-order valence-corrected chi connectivity index (χ0v) is 6.31. The lowest BCUT2D eigenvalue weighted by Gasteiger charge is -2.19. The smallest absolute Gasteiger partial charge is 0.165 e. The summed E-state index contributed by atoms with van der Waals surface area (Å²) in [6, 6.07) is 0. The highest BCUT2D eigenvalue weighted by atomic mass is 16.7. The van der Waals surface area contributed by atoms with Gasteiger partial charge in [0.2, 0.25) is 0 Å². The number of ether oxygens (including phenoxy) is 2. The maximum Gasteiger partial charge on any atom is 0.165 e. The van der Waals surface area contributed by atoms with Crippen LogP contribution in [-0.2, 0) is 9.47 Å². The van der Waals surface area contributed by atoms with Crippen LogP contribution < -0.4 is 0 Å². The molecular formula is C7H14O2.